The molecule has 0 bridgehead atoms. The van der Waals surface area contributed by atoms with Gasteiger partial charge >= 0.3 is 17.7 Å². The maximum atomic E-state index is 10.7. The minimum absolute atomic E-state index is 0.00537. The Morgan fingerprint density at radius 2 is 2.45 bits per heavy atom. The molecule has 0 amide bonds. The first-order valence-corrected chi connectivity index (χ1v) is 3.14. The largest absolute Gasteiger partial charge is 0.461 e. The predicted molar refractivity (Wildman–Crippen MR) is 32.3 cm³/mol. The zero-order valence-corrected chi connectivity index (χ0v) is 5.99. The molecule has 0 aliphatic carbocycles. The van der Waals surface area contributed by atoms with E-state index < -0.39 is 17.7 Å². The van der Waals surface area contributed by atoms with Gasteiger partial charge in [0.25, 0.3) is 0 Å². The van der Waals surface area contributed by atoms with Crippen molar-refractivity contribution in [3.63, 3.8) is 0 Å². The summed E-state index contributed by atoms with van der Waals surface area (Å²) in [6, 6.07) is 0. The average molecular weight is 160 g/mol. The third kappa shape index (κ3) is 1.48. The zero-order chi connectivity index (χ0) is 8.48. The molecule has 1 heterocycles. The van der Waals surface area contributed by atoms with Crippen LogP contribution < -0.4 is 0 Å². The monoisotopic (exact) mass is 160 g/mol. The number of hydrogen-bond acceptors (Lipinski definition) is 5. The summed E-state index contributed by atoms with van der Waals surface area (Å²) in [5.41, 5.74) is 0. The van der Waals surface area contributed by atoms with Gasteiger partial charge in [0.15, 0.2) is 0 Å². The molecule has 1 N–H and O–H groups in total. The quantitative estimate of drug-likeness (QED) is 0.401. The topological polar surface area (TPSA) is 72.8 Å². The smallest absolute Gasteiger partial charge is 0.379 e. The molecule has 0 radical (unpaired) electrons. The Hall–Kier alpha value is -1.10. The van der Waals surface area contributed by atoms with Crippen LogP contribution in [0.5, 0.6) is 0 Å². The van der Waals surface area contributed by atoms with Crippen LogP contribution in [-0.4, -0.2) is 29.4 Å². The van der Waals surface area contributed by atoms with Crippen LogP contribution in [-0.2, 0) is 19.1 Å². The van der Waals surface area contributed by atoms with E-state index >= 15 is 0 Å². The van der Waals surface area contributed by atoms with Gasteiger partial charge in [0.2, 0.25) is 0 Å². The Bertz CT molecular complexity index is 199. The van der Waals surface area contributed by atoms with E-state index in [0.29, 0.717) is 0 Å². The van der Waals surface area contributed by atoms with Gasteiger partial charge in [-0.2, -0.15) is 0 Å². The first kappa shape index (κ1) is 8.00. The molecule has 5 heteroatoms. The molecular weight excluding hydrogens is 152 g/mol. The first-order chi connectivity index (χ1) is 5.04. The number of esters is 2. The maximum Gasteiger partial charge on any atom is 0.379 e. The van der Waals surface area contributed by atoms with Gasteiger partial charge < -0.3 is 14.6 Å². The lowest BCUT2D eigenvalue weighted by atomic mass is 10.2. The number of rotatable bonds is 1. The number of aliphatic hydroxyl groups is 1. The summed E-state index contributed by atoms with van der Waals surface area (Å²) >= 11 is 0. The lowest BCUT2D eigenvalue weighted by Gasteiger charge is -2.15. The molecule has 0 spiro atoms. The van der Waals surface area contributed by atoms with Gasteiger partial charge in [-0.25, -0.2) is 4.79 Å². The summed E-state index contributed by atoms with van der Waals surface area (Å²) in [7, 11) is 0. The second-order valence-electron chi connectivity index (χ2n) is 2.26. The van der Waals surface area contributed by atoms with Crippen molar-refractivity contribution in [2.24, 2.45) is 0 Å². The SMILES string of the molecule is CC(=O)OC1(O)CCOC1=O. The van der Waals surface area contributed by atoms with Crippen LogP contribution in [0.1, 0.15) is 13.3 Å². The van der Waals surface area contributed by atoms with Crippen LogP contribution >= 0.6 is 0 Å². The van der Waals surface area contributed by atoms with Crippen molar-refractivity contribution >= 4 is 11.9 Å². The standard InChI is InChI=1S/C6H8O5/c1-4(7)11-6(9)2-3-10-5(6)8/h9H,2-3H2,1H3. The Morgan fingerprint density at radius 1 is 1.82 bits per heavy atom. The van der Waals surface area contributed by atoms with Gasteiger partial charge in [-0.15, -0.1) is 0 Å². The third-order valence-electron chi connectivity index (χ3n) is 1.31. The molecule has 0 aromatic carbocycles. The minimum Gasteiger partial charge on any atom is -0.461 e. The van der Waals surface area contributed by atoms with Gasteiger partial charge in [-0.1, -0.05) is 0 Å². The van der Waals surface area contributed by atoms with Crippen molar-refractivity contribution in [2.45, 2.75) is 19.1 Å². The predicted octanol–water partition coefficient (Wildman–Crippen LogP) is -0.815. The fourth-order valence-corrected chi connectivity index (χ4v) is 0.827. The van der Waals surface area contributed by atoms with E-state index in [-0.39, 0.29) is 13.0 Å². The van der Waals surface area contributed by atoms with E-state index in [1.807, 2.05) is 0 Å². The second kappa shape index (κ2) is 2.50. The number of carbonyl (C=O) groups is 2. The normalized spacial score (nSPS) is 29.8. The highest BCUT2D eigenvalue weighted by Crippen LogP contribution is 2.21. The summed E-state index contributed by atoms with van der Waals surface area (Å²) in [4.78, 5) is 21.0. The number of hydrogen-bond donors (Lipinski definition) is 1. The van der Waals surface area contributed by atoms with Crippen molar-refractivity contribution in [1.29, 1.82) is 0 Å². The highest BCUT2D eigenvalue weighted by molar-refractivity contribution is 5.82. The van der Waals surface area contributed by atoms with E-state index in [2.05, 4.69) is 9.47 Å². The molecule has 1 saturated heterocycles. The molecule has 0 aromatic rings. The summed E-state index contributed by atoms with van der Waals surface area (Å²) < 4.78 is 8.76. The van der Waals surface area contributed by atoms with Crippen LogP contribution in [0.25, 0.3) is 0 Å². The van der Waals surface area contributed by atoms with Crippen LogP contribution in [0.15, 0.2) is 0 Å². The van der Waals surface area contributed by atoms with Crippen LogP contribution in [0, 0.1) is 0 Å². The Kier molecular flexibility index (Phi) is 1.82. The molecule has 11 heavy (non-hydrogen) atoms. The Balaban J connectivity index is 2.65. The van der Waals surface area contributed by atoms with Crippen molar-refractivity contribution in [2.75, 3.05) is 6.61 Å². The van der Waals surface area contributed by atoms with Crippen LogP contribution in [0.2, 0.25) is 0 Å². The van der Waals surface area contributed by atoms with Crippen molar-refractivity contribution in [3.05, 3.63) is 0 Å². The van der Waals surface area contributed by atoms with E-state index in [1.54, 1.807) is 0 Å². The third-order valence-corrected chi connectivity index (χ3v) is 1.31. The fourth-order valence-electron chi connectivity index (χ4n) is 0.827. The fraction of sp³-hybridized carbons (Fsp3) is 0.667. The maximum absolute atomic E-state index is 10.7. The average Bonchev–Trinajstić information content (AvgIpc) is 2.11. The summed E-state index contributed by atoms with van der Waals surface area (Å²) in [5, 5.41) is 9.21. The number of cyclic esters (lactones) is 1. The molecule has 1 rings (SSSR count). The molecule has 1 aliphatic rings. The Morgan fingerprint density at radius 3 is 2.82 bits per heavy atom. The van der Waals surface area contributed by atoms with Gasteiger partial charge in [-0.05, 0) is 0 Å². The minimum atomic E-state index is -2.04. The summed E-state index contributed by atoms with van der Waals surface area (Å²) in [6.07, 6.45) is 0.00537. The number of ether oxygens (including phenoxy) is 2. The molecule has 5 nitrogen and oxygen atoms in total. The molecule has 62 valence electrons. The van der Waals surface area contributed by atoms with E-state index in [4.69, 9.17) is 0 Å². The van der Waals surface area contributed by atoms with E-state index in [9.17, 15) is 14.7 Å². The van der Waals surface area contributed by atoms with Gasteiger partial charge in [-0.3, -0.25) is 4.79 Å². The highest BCUT2D eigenvalue weighted by Gasteiger charge is 2.46. The first-order valence-electron chi connectivity index (χ1n) is 3.14. The van der Waals surface area contributed by atoms with Gasteiger partial charge in [0.1, 0.15) is 0 Å². The van der Waals surface area contributed by atoms with Crippen LogP contribution in [0.4, 0.5) is 0 Å². The lowest BCUT2D eigenvalue weighted by molar-refractivity contribution is -0.210. The molecule has 1 fully saturated rings. The Labute approximate surface area is 62.9 Å². The lowest BCUT2D eigenvalue weighted by Crippen LogP contribution is -2.38. The number of carbonyl (C=O) groups excluding carboxylic acids is 2. The molecular formula is C6H8O5. The molecule has 1 aliphatic heterocycles. The molecule has 1 atom stereocenters. The van der Waals surface area contributed by atoms with E-state index in [1.165, 1.54) is 0 Å². The van der Waals surface area contributed by atoms with E-state index in [0.717, 1.165) is 6.92 Å². The molecule has 1 unspecified atom stereocenters. The molecule has 0 saturated carbocycles. The second-order valence-corrected chi connectivity index (χ2v) is 2.26. The molecule has 0 aromatic heterocycles. The van der Waals surface area contributed by atoms with Crippen LogP contribution in [0.3, 0.4) is 0 Å². The van der Waals surface area contributed by atoms with Crippen molar-refractivity contribution < 1.29 is 24.2 Å². The van der Waals surface area contributed by atoms with Gasteiger partial charge in [0.05, 0.1) is 13.0 Å². The van der Waals surface area contributed by atoms with Gasteiger partial charge in [0, 0.05) is 6.92 Å². The summed E-state index contributed by atoms with van der Waals surface area (Å²) in [5.74, 6) is -3.63. The van der Waals surface area contributed by atoms with Crippen molar-refractivity contribution in [1.82, 2.24) is 0 Å². The highest BCUT2D eigenvalue weighted by atomic mass is 16.7. The van der Waals surface area contributed by atoms with Crippen molar-refractivity contribution in [3.8, 4) is 0 Å². The zero-order valence-electron chi connectivity index (χ0n) is 5.99. The summed E-state index contributed by atoms with van der Waals surface area (Å²) in [6.45, 7) is 1.20.